The summed E-state index contributed by atoms with van der Waals surface area (Å²) in [5.41, 5.74) is 4.44. The van der Waals surface area contributed by atoms with E-state index in [1.807, 2.05) is 47.4 Å². The van der Waals surface area contributed by atoms with E-state index in [-0.39, 0.29) is 11.8 Å². The molecule has 0 bridgehead atoms. The maximum absolute atomic E-state index is 12.3. The van der Waals surface area contributed by atoms with E-state index >= 15 is 0 Å². The zero-order valence-electron chi connectivity index (χ0n) is 16.7. The van der Waals surface area contributed by atoms with Crippen molar-refractivity contribution in [3.63, 3.8) is 0 Å². The average molecular weight is 400 g/mol. The van der Waals surface area contributed by atoms with Gasteiger partial charge in [0, 0.05) is 36.3 Å². The molecule has 1 saturated heterocycles. The number of imidazole rings is 1. The van der Waals surface area contributed by atoms with Crippen molar-refractivity contribution >= 4 is 40.3 Å². The highest BCUT2D eigenvalue weighted by atomic mass is 16.2. The van der Waals surface area contributed by atoms with E-state index in [1.54, 1.807) is 6.08 Å². The van der Waals surface area contributed by atoms with Gasteiger partial charge in [-0.25, -0.2) is 4.98 Å². The molecule has 1 aliphatic carbocycles. The molecule has 0 atom stereocenters. The fourth-order valence-electron chi connectivity index (χ4n) is 4.02. The predicted molar refractivity (Wildman–Crippen MR) is 118 cm³/mol. The van der Waals surface area contributed by atoms with Gasteiger partial charge in [0.25, 0.3) is 0 Å². The highest BCUT2D eigenvalue weighted by Gasteiger charge is 2.23. The summed E-state index contributed by atoms with van der Waals surface area (Å²) >= 11 is 0. The molecule has 0 radical (unpaired) electrons. The lowest BCUT2D eigenvalue weighted by Gasteiger charge is -2.22. The van der Waals surface area contributed by atoms with E-state index in [0.717, 1.165) is 46.8 Å². The van der Waals surface area contributed by atoms with Crippen LogP contribution >= 0.6 is 0 Å². The zero-order valence-corrected chi connectivity index (χ0v) is 16.7. The molecule has 2 amide bonds. The number of carbonyl (C=O) groups excluding carboxylic acids is 2. The SMILES string of the molecule is O=C(C=Cc1ccc(N2CCCC2=O)cc1)Nc1ccc2nc(C3CCC3)[nH]c2c1. The van der Waals surface area contributed by atoms with Crippen molar-refractivity contribution in [3.05, 3.63) is 59.9 Å². The molecule has 2 aromatic carbocycles. The molecule has 0 spiro atoms. The van der Waals surface area contributed by atoms with Crippen LogP contribution in [0.25, 0.3) is 17.1 Å². The number of nitrogens with one attached hydrogen (secondary N) is 2. The van der Waals surface area contributed by atoms with E-state index < -0.39 is 0 Å². The quantitative estimate of drug-likeness (QED) is 0.614. The van der Waals surface area contributed by atoms with Gasteiger partial charge in [0.1, 0.15) is 5.82 Å². The number of anilines is 2. The number of H-pyrrole nitrogens is 1. The highest BCUT2D eigenvalue weighted by Crippen LogP contribution is 2.35. The number of nitrogens with zero attached hydrogens (tertiary/aromatic N) is 2. The number of amides is 2. The first-order valence-corrected chi connectivity index (χ1v) is 10.5. The molecule has 6 nitrogen and oxygen atoms in total. The van der Waals surface area contributed by atoms with Crippen LogP contribution in [0.2, 0.25) is 0 Å². The number of benzene rings is 2. The van der Waals surface area contributed by atoms with E-state index in [1.165, 1.54) is 25.3 Å². The summed E-state index contributed by atoms with van der Waals surface area (Å²) in [6, 6.07) is 13.4. The van der Waals surface area contributed by atoms with Crippen molar-refractivity contribution in [1.82, 2.24) is 9.97 Å². The van der Waals surface area contributed by atoms with Crippen LogP contribution < -0.4 is 10.2 Å². The number of fused-ring (bicyclic) bond motifs is 1. The highest BCUT2D eigenvalue weighted by molar-refractivity contribution is 6.02. The Balaban J connectivity index is 1.23. The molecular formula is C24H24N4O2. The van der Waals surface area contributed by atoms with Crippen LogP contribution in [0.15, 0.2) is 48.5 Å². The Kier molecular flexibility index (Phi) is 4.83. The Morgan fingerprint density at radius 2 is 1.97 bits per heavy atom. The molecule has 2 heterocycles. The minimum Gasteiger partial charge on any atom is -0.342 e. The van der Waals surface area contributed by atoms with Crippen molar-refractivity contribution in [2.45, 2.75) is 38.0 Å². The van der Waals surface area contributed by atoms with Gasteiger partial charge in [-0.05, 0) is 61.2 Å². The first-order chi connectivity index (χ1) is 14.7. The molecule has 2 aliphatic rings. The minimum absolute atomic E-state index is 0.173. The molecule has 5 rings (SSSR count). The Hall–Kier alpha value is -3.41. The van der Waals surface area contributed by atoms with Crippen LogP contribution in [-0.2, 0) is 9.59 Å². The summed E-state index contributed by atoms with van der Waals surface area (Å²) in [4.78, 5) is 34.0. The van der Waals surface area contributed by atoms with Crippen molar-refractivity contribution in [2.75, 3.05) is 16.8 Å². The summed E-state index contributed by atoms with van der Waals surface area (Å²) < 4.78 is 0. The van der Waals surface area contributed by atoms with Crippen LogP contribution in [0.3, 0.4) is 0 Å². The van der Waals surface area contributed by atoms with Crippen LogP contribution in [0, 0.1) is 0 Å². The average Bonchev–Trinajstić information content (AvgIpc) is 3.31. The summed E-state index contributed by atoms with van der Waals surface area (Å²) in [5, 5.41) is 2.91. The molecule has 152 valence electrons. The van der Waals surface area contributed by atoms with Crippen LogP contribution in [0.5, 0.6) is 0 Å². The van der Waals surface area contributed by atoms with Crippen LogP contribution in [0.1, 0.15) is 49.4 Å². The second-order valence-corrected chi connectivity index (χ2v) is 8.04. The lowest BCUT2D eigenvalue weighted by Crippen LogP contribution is -2.23. The van der Waals surface area contributed by atoms with Gasteiger partial charge in [0.2, 0.25) is 11.8 Å². The lowest BCUT2D eigenvalue weighted by molar-refractivity contribution is -0.117. The standard InChI is InChI=1S/C24H24N4O2/c29-22(13-8-16-6-10-19(11-7-16)28-14-2-5-23(28)30)25-18-9-12-20-21(15-18)27-24(26-20)17-3-1-4-17/h6-13,15,17H,1-5,14H2,(H,25,29)(H,26,27). The molecule has 0 unspecified atom stereocenters. The normalized spacial score (nSPS) is 17.1. The van der Waals surface area contributed by atoms with Crippen molar-refractivity contribution in [3.8, 4) is 0 Å². The molecule has 2 fully saturated rings. The lowest BCUT2D eigenvalue weighted by atomic mass is 9.85. The topological polar surface area (TPSA) is 78.1 Å². The maximum Gasteiger partial charge on any atom is 0.248 e. The number of aromatic nitrogens is 2. The smallest absolute Gasteiger partial charge is 0.248 e. The Labute approximate surface area is 175 Å². The van der Waals surface area contributed by atoms with Gasteiger partial charge in [-0.2, -0.15) is 0 Å². The monoisotopic (exact) mass is 400 g/mol. The van der Waals surface area contributed by atoms with E-state index in [9.17, 15) is 9.59 Å². The number of carbonyl (C=O) groups is 2. The van der Waals surface area contributed by atoms with E-state index in [0.29, 0.717) is 12.3 Å². The number of rotatable bonds is 5. The Morgan fingerprint density at radius 3 is 2.67 bits per heavy atom. The Bertz CT molecular complexity index is 1130. The second-order valence-electron chi connectivity index (χ2n) is 8.04. The van der Waals surface area contributed by atoms with Crippen molar-refractivity contribution < 1.29 is 9.59 Å². The molecule has 6 heteroatoms. The van der Waals surface area contributed by atoms with Gasteiger partial charge in [0.05, 0.1) is 11.0 Å². The minimum atomic E-state index is -0.188. The summed E-state index contributed by atoms with van der Waals surface area (Å²) in [6.45, 7) is 0.777. The molecular weight excluding hydrogens is 376 g/mol. The third kappa shape index (κ3) is 3.73. The zero-order chi connectivity index (χ0) is 20.5. The maximum atomic E-state index is 12.3. The Morgan fingerprint density at radius 1 is 1.13 bits per heavy atom. The first kappa shape index (κ1) is 18.6. The third-order valence-electron chi connectivity index (χ3n) is 5.96. The predicted octanol–water partition coefficient (Wildman–Crippen LogP) is 4.61. The second kappa shape index (κ2) is 7.78. The third-order valence-corrected chi connectivity index (χ3v) is 5.96. The van der Waals surface area contributed by atoms with Crippen molar-refractivity contribution in [2.24, 2.45) is 0 Å². The molecule has 1 saturated carbocycles. The van der Waals surface area contributed by atoms with Gasteiger partial charge in [-0.15, -0.1) is 0 Å². The summed E-state index contributed by atoms with van der Waals surface area (Å²) in [5.74, 6) is 1.59. The fraction of sp³-hybridized carbons (Fsp3) is 0.292. The fourth-order valence-corrected chi connectivity index (χ4v) is 4.02. The number of hydrogen-bond donors (Lipinski definition) is 2. The van der Waals surface area contributed by atoms with E-state index in [4.69, 9.17) is 0 Å². The van der Waals surface area contributed by atoms with Crippen LogP contribution in [-0.4, -0.2) is 28.3 Å². The number of aromatic amines is 1. The van der Waals surface area contributed by atoms with E-state index in [2.05, 4.69) is 15.3 Å². The number of hydrogen-bond acceptors (Lipinski definition) is 3. The van der Waals surface area contributed by atoms with Crippen molar-refractivity contribution in [1.29, 1.82) is 0 Å². The summed E-state index contributed by atoms with van der Waals surface area (Å²) in [6.07, 6.45) is 8.49. The molecule has 30 heavy (non-hydrogen) atoms. The largest absolute Gasteiger partial charge is 0.342 e. The molecule has 3 aromatic rings. The first-order valence-electron chi connectivity index (χ1n) is 10.5. The molecule has 1 aromatic heterocycles. The molecule has 1 aliphatic heterocycles. The molecule has 2 N–H and O–H groups in total. The van der Waals surface area contributed by atoms with Gasteiger partial charge < -0.3 is 15.2 Å². The van der Waals surface area contributed by atoms with Gasteiger partial charge in [0.15, 0.2) is 0 Å². The van der Waals surface area contributed by atoms with Crippen LogP contribution in [0.4, 0.5) is 11.4 Å². The van der Waals surface area contributed by atoms with Gasteiger partial charge in [-0.1, -0.05) is 18.6 Å². The summed E-state index contributed by atoms with van der Waals surface area (Å²) in [7, 11) is 0. The van der Waals surface area contributed by atoms with Gasteiger partial charge in [-0.3, -0.25) is 9.59 Å². The van der Waals surface area contributed by atoms with Gasteiger partial charge >= 0.3 is 0 Å².